The zero-order chi connectivity index (χ0) is 25.3. The second-order valence-corrected chi connectivity index (χ2v) is 10.5. The van der Waals surface area contributed by atoms with Crippen LogP contribution in [0.25, 0.3) is 11.1 Å². The Balaban J connectivity index is 1.19. The maximum Gasteiger partial charge on any atom is 0.407 e. The van der Waals surface area contributed by atoms with Crippen molar-refractivity contribution in [2.75, 3.05) is 24.7 Å². The molecule has 0 fully saturated rings. The van der Waals surface area contributed by atoms with Gasteiger partial charge < -0.3 is 20.5 Å². The Bertz CT molecular complexity index is 1150. The van der Waals surface area contributed by atoms with Crippen molar-refractivity contribution in [1.82, 2.24) is 10.6 Å². The molecule has 0 bridgehead atoms. The van der Waals surface area contributed by atoms with Crippen LogP contribution in [0.2, 0.25) is 0 Å². The highest BCUT2D eigenvalue weighted by atomic mass is 32.2. The van der Waals surface area contributed by atoms with Gasteiger partial charge in [0, 0.05) is 17.3 Å². The third-order valence-corrected chi connectivity index (χ3v) is 7.92. The van der Waals surface area contributed by atoms with Crippen LogP contribution >= 0.6 is 23.1 Å². The number of rotatable bonds is 12. The van der Waals surface area contributed by atoms with E-state index in [-0.39, 0.29) is 30.6 Å². The normalized spacial score (nSPS) is 12.9. The average Bonchev–Trinajstić information content (AvgIpc) is 3.51. The molecule has 2 amide bonds. The molecule has 0 aliphatic heterocycles. The number of thiophene rings is 1. The highest BCUT2D eigenvalue weighted by Gasteiger charge is 2.29. The van der Waals surface area contributed by atoms with Gasteiger partial charge in [-0.1, -0.05) is 54.6 Å². The number of alkyl carbamates (subject to hydrolysis) is 1. The quantitative estimate of drug-likeness (QED) is 0.301. The smallest absolute Gasteiger partial charge is 0.407 e. The predicted octanol–water partition coefficient (Wildman–Crippen LogP) is 4.52. The lowest BCUT2D eigenvalue weighted by Gasteiger charge is -2.17. The van der Waals surface area contributed by atoms with E-state index in [0.29, 0.717) is 12.3 Å². The molecule has 3 N–H and O–H groups in total. The monoisotopic (exact) mass is 524 g/mol. The fourth-order valence-electron chi connectivity index (χ4n) is 4.24. The van der Waals surface area contributed by atoms with E-state index in [2.05, 4.69) is 22.8 Å². The third kappa shape index (κ3) is 6.67. The molecule has 2 aromatic carbocycles. The number of carbonyl (C=O) groups excluding carboxylic acids is 2. The van der Waals surface area contributed by atoms with Crippen molar-refractivity contribution < 1.29 is 24.2 Å². The average molecular weight is 525 g/mol. The lowest BCUT2D eigenvalue weighted by Crippen LogP contribution is -2.41. The number of fused-ring (bicyclic) bond motifs is 3. The molecule has 1 heterocycles. The molecule has 1 aromatic heterocycles. The van der Waals surface area contributed by atoms with Gasteiger partial charge in [0.15, 0.2) is 0 Å². The lowest BCUT2D eigenvalue weighted by atomic mass is 9.98. The van der Waals surface area contributed by atoms with Crippen molar-refractivity contribution >= 4 is 41.1 Å². The molecule has 3 aromatic rings. The van der Waals surface area contributed by atoms with E-state index in [0.717, 1.165) is 28.7 Å². The maximum absolute atomic E-state index is 12.4. The first-order chi connectivity index (χ1) is 17.5. The number of carboxylic acid groups (broad SMARTS) is 1. The Kier molecular flexibility index (Phi) is 9.02. The van der Waals surface area contributed by atoms with Crippen molar-refractivity contribution in [3.63, 3.8) is 0 Å². The van der Waals surface area contributed by atoms with Gasteiger partial charge in [0.1, 0.15) is 12.6 Å². The second kappa shape index (κ2) is 12.6. The fraction of sp³-hybridized carbons (Fsp3) is 0.296. The van der Waals surface area contributed by atoms with Crippen molar-refractivity contribution in [3.05, 3.63) is 82.0 Å². The van der Waals surface area contributed by atoms with E-state index in [4.69, 9.17) is 4.74 Å². The molecule has 1 aliphatic rings. The Morgan fingerprint density at radius 1 is 1.00 bits per heavy atom. The molecular formula is C27H28N2O5S2. The number of amides is 2. The van der Waals surface area contributed by atoms with Crippen LogP contribution in [-0.4, -0.2) is 53.8 Å². The van der Waals surface area contributed by atoms with Crippen LogP contribution in [0.5, 0.6) is 0 Å². The predicted molar refractivity (Wildman–Crippen MR) is 143 cm³/mol. The summed E-state index contributed by atoms with van der Waals surface area (Å²) < 4.78 is 5.46. The molecule has 36 heavy (non-hydrogen) atoms. The van der Waals surface area contributed by atoms with Crippen molar-refractivity contribution in [1.29, 1.82) is 0 Å². The number of carbonyl (C=O) groups is 3. The highest BCUT2D eigenvalue weighted by Crippen LogP contribution is 2.44. The summed E-state index contributed by atoms with van der Waals surface area (Å²) in [6.45, 7) is 0.688. The summed E-state index contributed by atoms with van der Waals surface area (Å²) in [5, 5.41) is 16.8. The van der Waals surface area contributed by atoms with E-state index in [1.54, 1.807) is 11.3 Å². The van der Waals surface area contributed by atoms with Gasteiger partial charge in [-0.2, -0.15) is 11.8 Å². The summed E-state index contributed by atoms with van der Waals surface area (Å²) in [5.74, 6) is -0.668. The topological polar surface area (TPSA) is 105 Å². The van der Waals surface area contributed by atoms with Gasteiger partial charge >= 0.3 is 12.1 Å². The lowest BCUT2D eigenvalue weighted by molar-refractivity contribution is -0.139. The molecule has 0 radical (unpaired) electrons. The van der Waals surface area contributed by atoms with Crippen molar-refractivity contribution in [3.8, 4) is 11.1 Å². The SMILES string of the molecule is O=C(CSCCC(NC(=O)OCC1c2ccccc2-c2ccccc21)C(=O)O)NCCc1cccs1. The van der Waals surface area contributed by atoms with Gasteiger partial charge in [-0.3, -0.25) is 4.79 Å². The Morgan fingerprint density at radius 2 is 1.69 bits per heavy atom. The molecule has 0 spiro atoms. The number of ether oxygens (including phenoxy) is 1. The van der Waals surface area contributed by atoms with Crippen molar-refractivity contribution in [2.24, 2.45) is 0 Å². The van der Waals surface area contributed by atoms with E-state index < -0.39 is 18.1 Å². The number of hydrogen-bond donors (Lipinski definition) is 3. The molecular weight excluding hydrogens is 496 g/mol. The number of carboxylic acids is 1. The Morgan fingerprint density at radius 3 is 2.33 bits per heavy atom. The summed E-state index contributed by atoms with van der Waals surface area (Å²) in [6.07, 6.45) is 0.215. The van der Waals surface area contributed by atoms with Gasteiger partial charge in [0.05, 0.1) is 5.75 Å². The number of benzene rings is 2. The fourth-order valence-corrected chi connectivity index (χ4v) is 5.78. The van der Waals surface area contributed by atoms with E-state index in [9.17, 15) is 19.5 Å². The highest BCUT2D eigenvalue weighted by molar-refractivity contribution is 7.99. The van der Waals surface area contributed by atoms with E-state index >= 15 is 0 Å². The minimum Gasteiger partial charge on any atom is -0.480 e. The van der Waals surface area contributed by atoms with Crippen LogP contribution in [0.15, 0.2) is 66.0 Å². The molecule has 0 saturated heterocycles. The third-order valence-electron chi connectivity index (χ3n) is 5.99. The molecule has 1 atom stereocenters. The number of aliphatic carboxylic acids is 1. The molecule has 7 nitrogen and oxygen atoms in total. The summed E-state index contributed by atoms with van der Waals surface area (Å²) >= 11 is 2.99. The summed E-state index contributed by atoms with van der Waals surface area (Å²) in [4.78, 5) is 37.3. The molecule has 9 heteroatoms. The van der Waals surface area contributed by atoms with Gasteiger partial charge in [0.25, 0.3) is 0 Å². The maximum atomic E-state index is 12.4. The molecule has 4 rings (SSSR count). The van der Waals surface area contributed by atoms with Crippen LogP contribution in [0.1, 0.15) is 28.3 Å². The Hall–Kier alpha value is -3.30. The Labute approximate surface area is 218 Å². The first kappa shape index (κ1) is 25.8. The van der Waals surface area contributed by atoms with Crippen LogP contribution in [-0.2, 0) is 20.7 Å². The number of thioether (sulfide) groups is 1. The summed E-state index contributed by atoms with van der Waals surface area (Å²) in [5.41, 5.74) is 4.42. The van der Waals surface area contributed by atoms with Gasteiger partial charge in [-0.15, -0.1) is 11.3 Å². The van der Waals surface area contributed by atoms with E-state index in [1.165, 1.54) is 16.6 Å². The molecule has 188 valence electrons. The molecule has 0 saturated carbocycles. The number of nitrogens with one attached hydrogen (secondary N) is 2. The molecule has 1 aliphatic carbocycles. The largest absolute Gasteiger partial charge is 0.480 e. The zero-order valence-electron chi connectivity index (χ0n) is 19.6. The van der Waals surface area contributed by atoms with Crippen LogP contribution < -0.4 is 10.6 Å². The van der Waals surface area contributed by atoms with Crippen LogP contribution in [0.3, 0.4) is 0 Å². The van der Waals surface area contributed by atoms with Crippen LogP contribution in [0.4, 0.5) is 4.79 Å². The zero-order valence-corrected chi connectivity index (χ0v) is 21.3. The van der Waals surface area contributed by atoms with Crippen LogP contribution in [0, 0.1) is 0 Å². The second-order valence-electron chi connectivity index (χ2n) is 8.38. The first-order valence-corrected chi connectivity index (χ1v) is 13.8. The van der Waals surface area contributed by atoms with Crippen molar-refractivity contribution in [2.45, 2.75) is 24.8 Å². The number of hydrogen-bond acceptors (Lipinski definition) is 6. The first-order valence-electron chi connectivity index (χ1n) is 11.7. The van der Waals surface area contributed by atoms with Gasteiger partial charge in [0.2, 0.25) is 5.91 Å². The minimum atomic E-state index is -1.13. The van der Waals surface area contributed by atoms with Gasteiger partial charge in [-0.25, -0.2) is 9.59 Å². The summed E-state index contributed by atoms with van der Waals surface area (Å²) in [7, 11) is 0. The summed E-state index contributed by atoms with van der Waals surface area (Å²) in [6, 6.07) is 19.0. The standard InChI is InChI=1S/C27H28N2O5S2/c30-25(28-13-11-18-6-5-14-36-18)17-35-15-12-24(26(31)32)29-27(33)34-16-23-21-9-3-1-7-19(21)20-8-2-4-10-22(20)23/h1-10,14,23-24H,11-13,15-17H2,(H,28,30)(H,29,33)(H,31,32). The minimum absolute atomic E-state index is 0.0899. The van der Waals surface area contributed by atoms with Gasteiger partial charge in [-0.05, 0) is 52.3 Å². The van der Waals surface area contributed by atoms with E-state index in [1.807, 2.05) is 53.9 Å². The molecule has 1 unspecified atom stereocenters.